The first-order chi connectivity index (χ1) is 8.36. The molecule has 0 unspecified atom stereocenters. The molecule has 2 nitrogen and oxygen atoms in total. The summed E-state index contributed by atoms with van der Waals surface area (Å²) < 4.78 is 52.8. The second kappa shape index (κ2) is 9.58. The summed E-state index contributed by atoms with van der Waals surface area (Å²) in [7, 11) is 3.25. The third kappa shape index (κ3) is 7.01. The van der Waals surface area contributed by atoms with E-state index in [1.807, 2.05) is 13.8 Å². The van der Waals surface area contributed by atoms with Crippen LogP contribution in [0.15, 0.2) is 18.2 Å². The number of hydrogen-bond donors (Lipinski definition) is 0. The third-order valence-electron chi connectivity index (χ3n) is 1.43. The first-order valence-corrected chi connectivity index (χ1v) is 5.08. The fourth-order valence-corrected chi connectivity index (χ4v) is 0.833. The molecule has 0 atom stereocenters. The molecule has 0 fully saturated rings. The van der Waals surface area contributed by atoms with E-state index in [0.717, 1.165) is 6.07 Å². The topological polar surface area (TPSA) is 26.3 Å². The molecule has 0 spiro atoms. The van der Waals surface area contributed by atoms with Gasteiger partial charge in [-0.05, 0) is 18.2 Å². The summed E-state index contributed by atoms with van der Waals surface area (Å²) in [4.78, 5) is 10.1. The Labute approximate surface area is 104 Å². The lowest BCUT2D eigenvalue weighted by Crippen LogP contribution is -2.08. The number of aldehydes is 1. The zero-order valence-corrected chi connectivity index (χ0v) is 10.6. The van der Waals surface area contributed by atoms with Crippen molar-refractivity contribution in [1.82, 2.24) is 0 Å². The Hall–Kier alpha value is -1.43. The summed E-state index contributed by atoms with van der Waals surface area (Å²) in [6, 6.07) is 2.08. The summed E-state index contributed by atoms with van der Waals surface area (Å²) in [5.74, 6) is -1.38. The molecule has 0 radical (unpaired) electrons. The normalized spacial score (nSPS) is 9.56. The third-order valence-corrected chi connectivity index (χ3v) is 1.43. The Morgan fingerprint density at radius 2 is 1.61 bits per heavy atom. The van der Waals surface area contributed by atoms with Crippen molar-refractivity contribution in [2.75, 3.05) is 14.2 Å². The predicted octanol–water partition coefficient (Wildman–Crippen LogP) is 3.95. The number of carbonyl (C=O) groups is 1. The maximum Gasteiger partial charge on any atom is 0.419 e. The van der Waals surface area contributed by atoms with Crippen LogP contribution in [-0.4, -0.2) is 20.5 Å². The van der Waals surface area contributed by atoms with Gasteiger partial charge in [-0.15, -0.1) is 0 Å². The molecule has 0 saturated heterocycles. The SMILES string of the molecule is CC.COC.O=Cc1ccc(F)c(C(F)(F)F)c1. The van der Waals surface area contributed by atoms with Gasteiger partial charge in [0.1, 0.15) is 12.1 Å². The number of carbonyl (C=O) groups excluding carboxylic acids is 1. The smallest absolute Gasteiger partial charge is 0.388 e. The molecule has 0 heterocycles. The number of alkyl halides is 3. The second-order valence-electron chi connectivity index (χ2n) is 2.76. The fourth-order valence-electron chi connectivity index (χ4n) is 0.833. The average Bonchev–Trinajstić information content (AvgIpc) is 2.32. The molecule has 6 heteroatoms. The quantitative estimate of drug-likeness (QED) is 0.569. The highest BCUT2D eigenvalue weighted by molar-refractivity contribution is 5.75. The molecule has 1 aromatic rings. The van der Waals surface area contributed by atoms with Crippen molar-refractivity contribution in [3.05, 3.63) is 35.1 Å². The lowest BCUT2D eigenvalue weighted by Gasteiger charge is -2.07. The molecule has 0 aromatic heterocycles. The highest BCUT2D eigenvalue weighted by Gasteiger charge is 2.34. The molecule has 0 aliphatic heterocycles. The van der Waals surface area contributed by atoms with E-state index in [4.69, 9.17) is 0 Å². The van der Waals surface area contributed by atoms with Crippen LogP contribution in [0.5, 0.6) is 0 Å². The average molecular weight is 268 g/mol. The summed E-state index contributed by atoms with van der Waals surface area (Å²) in [6.07, 6.45) is -4.53. The largest absolute Gasteiger partial charge is 0.419 e. The number of hydrogen-bond acceptors (Lipinski definition) is 2. The Kier molecular flexibility index (Phi) is 10.1. The van der Waals surface area contributed by atoms with Crippen LogP contribution >= 0.6 is 0 Å². The van der Waals surface area contributed by atoms with Crippen LogP contribution in [0.4, 0.5) is 17.6 Å². The van der Waals surface area contributed by atoms with Gasteiger partial charge in [-0.3, -0.25) is 4.79 Å². The standard InChI is InChI=1S/C8H4F4O.C2H6O.C2H6/c9-7-2-1-5(4-13)3-6(7)8(10,11)12;1-3-2;1-2/h1-4H;1-2H3;1-2H3. The monoisotopic (exact) mass is 268 g/mol. The van der Waals surface area contributed by atoms with Crippen LogP contribution in [0.3, 0.4) is 0 Å². The molecule has 0 saturated carbocycles. The number of benzene rings is 1. The maximum atomic E-state index is 12.6. The number of methoxy groups -OCH3 is 1. The van der Waals surface area contributed by atoms with E-state index in [-0.39, 0.29) is 11.8 Å². The number of rotatable bonds is 1. The Bertz CT molecular complexity index is 348. The van der Waals surface area contributed by atoms with Gasteiger partial charge in [0.15, 0.2) is 0 Å². The van der Waals surface area contributed by atoms with Gasteiger partial charge >= 0.3 is 6.18 Å². The highest BCUT2D eigenvalue weighted by Crippen LogP contribution is 2.31. The minimum atomic E-state index is -4.76. The Morgan fingerprint density at radius 3 is 1.94 bits per heavy atom. The molecule has 0 amide bonds. The summed E-state index contributed by atoms with van der Waals surface area (Å²) in [5.41, 5.74) is -1.62. The molecular formula is C12H16F4O2. The van der Waals surface area contributed by atoms with E-state index < -0.39 is 17.6 Å². The maximum absolute atomic E-state index is 12.6. The summed E-state index contributed by atoms with van der Waals surface area (Å²) in [5, 5.41) is 0. The van der Waals surface area contributed by atoms with E-state index in [1.54, 1.807) is 14.2 Å². The second-order valence-corrected chi connectivity index (χ2v) is 2.76. The van der Waals surface area contributed by atoms with E-state index >= 15 is 0 Å². The highest BCUT2D eigenvalue weighted by atomic mass is 19.4. The number of ether oxygens (including phenoxy) is 1. The molecule has 0 aliphatic carbocycles. The molecule has 0 aliphatic rings. The van der Waals surface area contributed by atoms with Gasteiger partial charge < -0.3 is 4.74 Å². The molecule has 0 bridgehead atoms. The van der Waals surface area contributed by atoms with Crippen LogP contribution in [0.25, 0.3) is 0 Å². The van der Waals surface area contributed by atoms with E-state index in [1.165, 1.54) is 0 Å². The summed E-state index contributed by atoms with van der Waals surface area (Å²) >= 11 is 0. The molecule has 1 rings (SSSR count). The fraction of sp³-hybridized carbons (Fsp3) is 0.417. The van der Waals surface area contributed by atoms with E-state index in [2.05, 4.69) is 4.74 Å². The zero-order valence-electron chi connectivity index (χ0n) is 10.6. The van der Waals surface area contributed by atoms with Crippen molar-refractivity contribution in [2.24, 2.45) is 0 Å². The van der Waals surface area contributed by atoms with Crippen molar-refractivity contribution in [3.63, 3.8) is 0 Å². The minimum Gasteiger partial charge on any atom is -0.388 e. The van der Waals surface area contributed by atoms with Gasteiger partial charge in [0.25, 0.3) is 0 Å². The van der Waals surface area contributed by atoms with Gasteiger partial charge in [0, 0.05) is 19.8 Å². The predicted molar refractivity (Wildman–Crippen MR) is 61.1 cm³/mol. The first-order valence-electron chi connectivity index (χ1n) is 5.08. The van der Waals surface area contributed by atoms with Crippen LogP contribution in [-0.2, 0) is 10.9 Å². The lowest BCUT2D eigenvalue weighted by molar-refractivity contribution is -0.140. The van der Waals surface area contributed by atoms with E-state index in [9.17, 15) is 22.4 Å². The summed E-state index contributed by atoms with van der Waals surface area (Å²) in [6.45, 7) is 4.00. The van der Waals surface area contributed by atoms with Gasteiger partial charge in [0.05, 0.1) is 5.56 Å². The van der Waals surface area contributed by atoms with Crippen molar-refractivity contribution >= 4 is 6.29 Å². The Morgan fingerprint density at radius 1 is 1.17 bits per heavy atom. The van der Waals surface area contributed by atoms with Crippen molar-refractivity contribution in [3.8, 4) is 0 Å². The van der Waals surface area contributed by atoms with Gasteiger partial charge in [0.2, 0.25) is 0 Å². The van der Waals surface area contributed by atoms with E-state index in [0.29, 0.717) is 12.1 Å². The molecule has 18 heavy (non-hydrogen) atoms. The minimum absolute atomic E-state index is 0.200. The van der Waals surface area contributed by atoms with Crippen LogP contribution in [0.1, 0.15) is 29.8 Å². The molecule has 1 aromatic carbocycles. The Balaban J connectivity index is 0. The van der Waals surface area contributed by atoms with Crippen LogP contribution in [0, 0.1) is 5.82 Å². The van der Waals surface area contributed by atoms with Crippen LogP contribution < -0.4 is 0 Å². The van der Waals surface area contributed by atoms with Gasteiger partial charge in [-0.2, -0.15) is 13.2 Å². The first kappa shape index (κ1) is 18.9. The van der Waals surface area contributed by atoms with Crippen molar-refractivity contribution in [2.45, 2.75) is 20.0 Å². The molecule has 104 valence electrons. The molecule has 0 N–H and O–H groups in total. The van der Waals surface area contributed by atoms with Gasteiger partial charge in [-0.1, -0.05) is 13.8 Å². The van der Waals surface area contributed by atoms with Crippen LogP contribution in [0.2, 0.25) is 0 Å². The zero-order chi connectivity index (χ0) is 14.8. The lowest BCUT2D eigenvalue weighted by atomic mass is 10.1. The molecular weight excluding hydrogens is 252 g/mol. The van der Waals surface area contributed by atoms with Gasteiger partial charge in [-0.25, -0.2) is 4.39 Å². The van der Waals surface area contributed by atoms with Crippen molar-refractivity contribution < 1.29 is 27.1 Å². The van der Waals surface area contributed by atoms with Crippen molar-refractivity contribution in [1.29, 1.82) is 0 Å². The number of halogens is 4.